The van der Waals surface area contributed by atoms with Crippen molar-refractivity contribution >= 4 is 44.8 Å². The van der Waals surface area contributed by atoms with Crippen LogP contribution in [0.15, 0.2) is 41.3 Å². The highest BCUT2D eigenvalue weighted by molar-refractivity contribution is 7.89. The lowest BCUT2D eigenvalue weighted by Gasteiger charge is -2.22. The molecule has 0 fully saturated rings. The number of carbonyl (C=O) groups is 2. The first-order valence-corrected chi connectivity index (χ1v) is 11.0. The van der Waals surface area contributed by atoms with Crippen LogP contribution in [0.25, 0.3) is 0 Å². The molecule has 1 aliphatic heterocycles. The number of amides is 2. The number of ether oxygens (including phenoxy) is 1. The lowest BCUT2D eigenvalue weighted by Crippen LogP contribution is -2.35. The summed E-state index contributed by atoms with van der Waals surface area (Å²) < 4.78 is 32.0. The van der Waals surface area contributed by atoms with E-state index in [1.54, 1.807) is 12.1 Å². The molecule has 2 N–H and O–H groups in total. The first-order chi connectivity index (χ1) is 14.1. The van der Waals surface area contributed by atoms with E-state index < -0.39 is 22.5 Å². The summed E-state index contributed by atoms with van der Waals surface area (Å²) in [6.45, 7) is 3.51. The molecular formula is C20H22ClN3O5S. The Morgan fingerprint density at radius 2 is 1.93 bits per heavy atom. The van der Waals surface area contributed by atoms with Gasteiger partial charge >= 0.3 is 0 Å². The topological polar surface area (TPSA) is 105 Å². The van der Waals surface area contributed by atoms with Gasteiger partial charge < -0.3 is 15.4 Å². The summed E-state index contributed by atoms with van der Waals surface area (Å²) in [7, 11) is -2.79. The van der Waals surface area contributed by atoms with Crippen LogP contribution in [0.3, 0.4) is 0 Å². The Bertz CT molecular complexity index is 1080. The van der Waals surface area contributed by atoms with Gasteiger partial charge in [0.1, 0.15) is 10.6 Å². The van der Waals surface area contributed by atoms with E-state index in [1.165, 1.54) is 19.2 Å². The molecule has 0 unspecified atom stereocenters. The molecule has 2 aromatic rings. The zero-order chi connectivity index (χ0) is 22.1. The van der Waals surface area contributed by atoms with Crippen molar-refractivity contribution in [3.8, 4) is 5.75 Å². The first kappa shape index (κ1) is 22.1. The third-order valence-electron chi connectivity index (χ3n) is 4.58. The number of hydrogen-bond donors (Lipinski definition) is 2. The lowest BCUT2D eigenvalue weighted by atomic mass is 10.0. The molecule has 0 aromatic heterocycles. The van der Waals surface area contributed by atoms with Gasteiger partial charge in [-0.3, -0.25) is 9.59 Å². The summed E-state index contributed by atoms with van der Waals surface area (Å²) in [4.78, 5) is 23.5. The second-order valence-electron chi connectivity index (χ2n) is 7.20. The van der Waals surface area contributed by atoms with Gasteiger partial charge in [0.15, 0.2) is 6.61 Å². The monoisotopic (exact) mass is 451 g/mol. The third-order valence-corrected chi connectivity index (χ3v) is 6.85. The highest BCUT2D eigenvalue weighted by Crippen LogP contribution is 2.36. The lowest BCUT2D eigenvalue weighted by molar-refractivity contribution is -0.118. The van der Waals surface area contributed by atoms with Gasteiger partial charge in [-0.15, -0.1) is 0 Å². The number of benzene rings is 2. The highest BCUT2D eigenvalue weighted by Gasteiger charge is 2.28. The van der Waals surface area contributed by atoms with Gasteiger partial charge in [0, 0.05) is 18.8 Å². The Morgan fingerprint density at radius 3 is 2.57 bits per heavy atom. The SMILES string of the molecule is CC(C)c1ccc(NC(=O)CN(C)S(=O)(=O)c2cc3c(cc2Cl)NC(=O)CO3)cc1. The molecule has 0 atom stereocenters. The minimum Gasteiger partial charge on any atom is -0.482 e. The molecule has 2 amide bonds. The molecule has 30 heavy (non-hydrogen) atoms. The predicted octanol–water partition coefficient (Wildman–Crippen LogP) is 3.05. The van der Waals surface area contributed by atoms with Crippen molar-refractivity contribution in [3.63, 3.8) is 0 Å². The largest absolute Gasteiger partial charge is 0.482 e. The van der Waals surface area contributed by atoms with Crippen LogP contribution in [0.1, 0.15) is 25.3 Å². The molecule has 1 aliphatic rings. The van der Waals surface area contributed by atoms with Crippen molar-refractivity contribution in [2.45, 2.75) is 24.7 Å². The Kier molecular flexibility index (Phi) is 6.35. The van der Waals surface area contributed by atoms with E-state index in [2.05, 4.69) is 24.5 Å². The minimum absolute atomic E-state index is 0.0870. The molecule has 8 nitrogen and oxygen atoms in total. The minimum atomic E-state index is -4.07. The molecule has 10 heteroatoms. The van der Waals surface area contributed by atoms with E-state index in [4.69, 9.17) is 16.3 Å². The first-order valence-electron chi connectivity index (χ1n) is 9.20. The maximum absolute atomic E-state index is 12.9. The van der Waals surface area contributed by atoms with Gasteiger partial charge in [0.2, 0.25) is 15.9 Å². The second kappa shape index (κ2) is 8.63. The average Bonchev–Trinajstić information content (AvgIpc) is 2.67. The van der Waals surface area contributed by atoms with Crippen molar-refractivity contribution in [2.75, 3.05) is 30.8 Å². The number of nitrogens with one attached hydrogen (secondary N) is 2. The quantitative estimate of drug-likeness (QED) is 0.702. The number of anilines is 2. The molecule has 0 saturated heterocycles. The molecule has 0 spiro atoms. The van der Waals surface area contributed by atoms with E-state index >= 15 is 0 Å². The Hall–Kier alpha value is -2.62. The van der Waals surface area contributed by atoms with Crippen LogP contribution in [0.5, 0.6) is 5.75 Å². The van der Waals surface area contributed by atoms with Gasteiger partial charge in [-0.1, -0.05) is 37.6 Å². The van der Waals surface area contributed by atoms with Crippen molar-refractivity contribution in [3.05, 3.63) is 47.0 Å². The average molecular weight is 452 g/mol. The van der Waals surface area contributed by atoms with Crippen LogP contribution < -0.4 is 15.4 Å². The van der Waals surface area contributed by atoms with Crippen molar-refractivity contribution < 1.29 is 22.7 Å². The van der Waals surface area contributed by atoms with Crippen LogP contribution in [0.2, 0.25) is 5.02 Å². The number of rotatable bonds is 6. The smallest absolute Gasteiger partial charge is 0.262 e. The number of likely N-dealkylation sites (N-methyl/N-ethyl adjacent to an activating group) is 1. The van der Waals surface area contributed by atoms with Crippen LogP contribution in [-0.2, 0) is 19.6 Å². The highest BCUT2D eigenvalue weighted by atomic mass is 35.5. The molecule has 0 bridgehead atoms. The molecule has 2 aromatic carbocycles. The molecular weight excluding hydrogens is 430 g/mol. The van der Waals surface area contributed by atoms with E-state index in [1.807, 2.05) is 12.1 Å². The van der Waals surface area contributed by atoms with E-state index in [0.29, 0.717) is 17.3 Å². The van der Waals surface area contributed by atoms with Gasteiger partial charge in [-0.25, -0.2) is 8.42 Å². The van der Waals surface area contributed by atoms with Crippen LogP contribution in [0, 0.1) is 0 Å². The molecule has 1 heterocycles. The van der Waals surface area contributed by atoms with E-state index in [-0.39, 0.29) is 28.2 Å². The Morgan fingerprint density at radius 1 is 1.27 bits per heavy atom. The second-order valence-corrected chi connectivity index (χ2v) is 9.62. The number of halogens is 1. The van der Waals surface area contributed by atoms with E-state index in [9.17, 15) is 18.0 Å². The number of sulfonamides is 1. The van der Waals surface area contributed by atoms with Crippen LogP contribution >= 0.6 is 11.6 Å². The normalized spacial score (nSPS) is 13.6. The maximum atomic E-state index is 12.9. The summed E-state index contributed by atoms with van der Waals surface area (Å²) >= 11 is 6.13. The molecule has 160 valence electrons. The summed E-state index contributed by atoms with van der Waals surface area (Å²) in [5, 5.41) is 5.15. The van der Waals surface area contributed by atoms with Crippen molar-refractivity contribution in [1.82, 2.24) is 4.31 Å². The number of hydrogen-bond acceptors (Lipinski definition) is 5. The maximum Gasteiger partial charge on any atom is 0.262 e. The van der Waals surface area contributed by atoms with Gasteiger partial charge in [0.05, 0.1) is 17.3 Å². The zero-order valence-corrected chi connectivity index (χ0v) is 18.3. The fraction of sp³-hybridized carbons (Fsp3) is 0.300. The molecule has 3 rings (SSSR count). The molecule has 0 radical (unpaired) electrons. The van der Waals surface area contributed by atoms with Crippen molar-refractivity contribution in [2.24, 2.45) is 0 Å². The third kappa shape index (κ3) is 4.75. The number of carbonyl (C=O) groups excluding carboxylic acids is 2. The Labute approximate surface area is 180 Å². The standard InChI is InChI=1S/C20H22ClN3O5S/c1-12(2)13-4-6-14(7-5-13)22-19(25)10-24(3)30(27,28)18-9-17-16(8-15(18)21)23-20(26)11-29-17/h4-9,12H,10-11H2,1-3H3,(H,22,25)(H,23,26). The fourth-order valence-electron chi connectivity index (χ4n) is 2.89. The molecule has 0 saturated carbocycles. The molecule has 0 aliphatic carbocycles. The Balaban J connectivity index is 1.73. The van der Waals surface area contributed by atoms with Crippen molar-refractivity contribution in [1.29, 1.82) is 0 Å². The van der Waals surface area contributed by atoms with Crippen LogP contribution in [0.4, 0.5) is 11.4 Å². The predicted molar refractivity (Wildman–Crippen MR) is 115 cm³/mol. The number of fused-ring (bicyclic) bond motifs is 1. The summed E-state index contributed by atoms with van der Waals surface area (Å²) in [5.41, 5.74) is 2.00. The number of nitrogens with zero attached hydrogens (tertiary/aromatic N) is 1. The van der Waals surface area contributed by atoms with Gasteiger partial charge in [-0.2, -0.15) is 4.31 Å². The van der Waals surface area contributed by atoms with Gasteiger partial charge in [0.25, 0.3) is 5.91 Å². The summed E-state index contributed by atoms with van der Waals surface area (Å²) in [6, 6.07) is 9.91. The van der Waals surface area contributed by atoms with E-state index in [0.717, 1.165) is 9.87 Å². The fourth-order valence-corrected chi connectivity index (χ4v) is 4.53. The van der Waals surface area contributed by atoms with Crippen LogP contribution in [-0.4, -0.2) is 44.7 Å². The van der Waals surface area contributed by atoms with Gasteiger partial charge in [-0.05, 0) is 29.7 Å². The summed E-state index contributed by atoms with van der Waals surface area (Å²) in [6.07, 6.45) is 0. The zero-order valence-electron chi connectivity index (χ0n) is 16.7. The summed E-state index contributed by atoms with van der Waals surface area (Å²) in [5.74, 6) is -0.286.